The van der Waals surface area contributed by atoms with Crippen LogP contribution in [0.2, 0.25) is 0 Å². The molecule has 1 saturated heterocycles. The van der Waals surface area contributed by atoms with Crippen molar-refractivity contribution >= 4 is 5.91 Å². The van der Waals surface area contributed by atoms with Gasteiger partial charge in [-0.1, -0.05) is 0 Å². The molecule has 2 fully saturated rings. The molecule has 1 N–H and O–H groups in total. The number of hydrogen-bond donors (Lipinski definition) is 1. The Kier molecular flexibility index (Phi) is 3.22. The van der Waals surface area contributed by atoms with Gasteiger partial charge in [0.15, 0.2) is 0 Å². The van der Waals surface area contributed by atoms with Crippen LogP contribution in [0, 0.1) is 11.6 Å². The van der Waals surface area contributed by atoms with Crippen molar-refractivity contribution in [3.05, 3.63) is 35.4 Å². The number of carbonyl (C=O) groups is 1. The smallest absolute Gasteiger partial charge is 0.251 e. The number of carbonyl (C=O) groups excluding carboxylic acids is 1. The van der Waals surface area contributed by atoms with Crippen LogP contribution in [-0.2, 0) is 0 Å². The van der Waals surface area contributed by atoms with Crippen molar-refractivity contribution in [1.82, 2.24) is 10.2 Å². The zero-order valence-corrected chi connectivity index (χ0v) is 10.5. The summed E-state index contributed by atoms with van der Waals surface area (Å²) >= 11 is 0. The van der Waals surface area contributed by atoms with E-state index in [9.17, 15) is 13.6 Å². The average molecular weight is 266 g/mol. The minimum absolute atomic E-state index is 0.0439. The number of likely N-dealkylation sites (tertiary alicyclic amines) is 1. The van der Waals surface area contributed by atoms with Crippen molar-refractivity contribution in [1.29, 1.82) is 0 Å². The molecule has 0 aromatic heterocycles. The largest absolute Gasteiger partial charge is 0.348 e. The van der Waals surface area contributed by atoms with Crippen LogP contribution in [0.25, 0.3) is 0 Å². The zero-order chi connectivity index (χ0) is 13.4. The van der Waals surface area contributed by atoms with E-state index in [-0.39, 0.29) is 11.6 Å². The number of rotatable bonds is 3. The Labute approximate surface area is 110 Å². The van der Waals surface area contributed by atoms with Crippen molar-refractivity contribution in [2.45, 2.75) is 31.3 Å². The minimum atomic E-state index is -0.726. The Hall–Kier alpha value is -1.49. The molecule has 102 valence electrons. The van der Waals surface area contributed by atoms with Gasteiger partial charge in [0.2, 0.25) is 0 Å². The van der Waals surface area contributed by atoms with Crippen molar-refractivity contribution < 1.29 is 13.6 Å². The van der Waals surface area contributed by atoms with Gasteiger partial charge in [-0.2, -0.15) is 0 Å². The molecule has 3 rings (SSSR count). The number of amides is 1. The molecule has 0 spiro atoms. The highest BCUT2D eigenvalue weighted by atomic mass is 19.1. The first-order chi connectivity index (χ1) is 9.11. The lowest BCUT2D eigenvalue weighted by atomic mass is 10.1. The van der Waals surface area contributed by atoms with Crippen LogP contribution in [0.5, 0.6) is 0 Å². The average Bonchev–Trinajstić information content (AvgIpc) is 3.09. The Morgan fingerprint density at radius 2 is 1.84 bits per heavy atom. The summed E-state index contributed by atoms with van der Waals surface area (Å²) in [7, 11) is 0. The highest BCUT2D eigenvalue weighted by Gasteiger charge is 2.34. The first kappa shape index (κ1) is 12.5. The molecule has 1 saturated carbocycles. The zero-order valence-electron chi connectivity index (χ0n) is 10.5. The quantitative estimate of drug-likeness (QED) is 0.906. The normalized spacial score (nSPS) is 23.6. The third-order valence-corrected chi connectivity index (χ3v) is 3.74. The number of nitrogens with one attached hydrogen (secondary N) is 1. The molecule has 3 nitrogen and oxygen atoms in total. The van der Waals surface area contributed by atoms with Crippen LogP contribution in [0.4, 0.5) is 8.78 Å². The lowest BCUT2D eigenvalue weighted by Gasteiger charge is -2.15. The van der Waals surface area contributed by atoms with Crippen LogP contribution < -0.4 is 5.32 Å². The molecule has 1 atom stereocenters. The molecule has 5 heteroatoms. The summed E-state index contributed by atoms with van der Waals surface area (Å²) in [4.78, 5) is 14.3. The van der Waals surface area contributed by atoms with Gasteiger partial charge in [-0.15, -0.1) is 0 Å². The van der Waals surface area contributed by atoms with Gasteiger partial charge < -0.3 is 5.32 Å². The van der Waals surface area contributed by atoms with Crippen LogP contribution in [0.1, 0.15) is 29.6 Å². The molecule has 19 heavy (non-hydrogen) atoms. The first-order valence-corrected chi connectivity index (χ1v) is 6.63. The first-order valence-electron chi connectivity index (χ1n) is 6.63. The number of halogens is 2. The second-order valence-corrected chi connectivity index (χ2v) is 5.34. The lowest BCUT2D eigenvalue weighted by Crippen LogP contribution is -2.37. The maximum Gasteiger partial charge on any atom is 0.251 e. The summed E-state index contributed by atoms with van der Waals surface area (Å²) in [5, 5.41) is 2.85. The molecule has 1 aromatic rings. The summed E-state index contributed by atoms with van der Waals surface area (Å²) in [5.41, 5.74) is 0.0439. The van der Waals surface area contributed by atoms with E-state index < -0.39 is 17.5 Å². The van der Waals surface area contributed by atoms with Gasteiger partial charge in [0.1, 0.15) is 11.6 Å². The minimum Gasteiger partial charge on any atom is -0.348 e. The molecule has 1 amide bonds. The van der Waals surface area contributed by atoms with Crippen molar-refractivity contribution in [3.8, 4) is 0 Å². The SMILES string of the molecule is O=C(NC1CCN(C2CC2)C1)c1cc(F)cc(F)c1. The maximum absolute atomic E-state index is 13.0. The number of nitrogens with zero attached hydrogens (tertiary/aromatic N) is 1. The molecule has 0 radical (unpaired) electrons. The van der Waals surface area contributed by atoms with Gasteiger partial charge in [-0.25, -0.2) is 8.78 Å². The molecule has 1 aliphatic heterocycles. The molecular formula is C14H16F2N2O. The van der Waals surface area contributed by atoms with E-state index in [1.165, 1.54) is 12.8 Å². The highest BCUT2D eigenvalue weighted by Crippen LogP contribution is 2.29. The molecule has 2 aliphatic rings. The summed E-state index contributed by atoms with van der Waals surface area (Å²) in [6.45, 7) is 1.83. The fraction of sp³-hybridized carbons (Fsp3) is 0.500. The van der Waals surface area contributed by atoms with E-state index in [0.29, 0.717) is 6.04 Å². The van der Waals surface area contributed by atoms with Gasteiger partial charge >= 0.3 is 0 Å². The van der Waals surface area contributed by atoms with E-state index in [1.807, 2.05) is 0 Å². The van der Waals surface area contributed by atoms with Crippen molar-refractivity contribution in [3.63, 3.8) is 0 Å². The summed E-state index contributed by atoms with van der Waals surface area (Å²) in [5.74, 6) is -1.85. The monoisotopic (exact) mass is 266 g/mol. The van der Waals surface area contributed by atoms with Crippen LogP contribution in [0.15, 0.2) is 18.2 Å². The molecule has 1 unspecified atom stereocenters. The van der Waals surface area contributed by atoms with E-state index in [1.54, 1.807) is 0 Å². The van der Waals surface area contributed by atoms with Crippen molar-refractivity contribution in [2.75, 3.05) is 13.1 Å². The van der Waals surface area contributed by atoms with E-state index >= 15 is 0 Å². The predicted octanol–water partition coefficient (Wildman–Crippen LogP) is 1.93. The lowest BCUT2D eigenvalue weighted by molar-refractivity contribution is 0.0936. The second-order valence-electron chi connectivity index (χ2n) is 5.34. The number of benzene rings is 1. The second kappa shape index (κ2) is 4.89. The molecular weight excluding hydrogens is 250 g/mol. The van der Waals surface area contributed by atoms with Crippen molar-refractivity contribution in [2.24, 2.45) is 0 Å². The molecule has 1 aliphatic carbocycles. The third kappa shape index (κ3) is 2.92. The van der Waals surface area contributed by atoms with E-state index in [0.717, 1.165) is 37.7 Å². The van der Waals surface area contributed by atoms with Gasteiger partial charge in [0.05, 0.1) is 0 Å². The highest BCUT2D eigenvalue weighted by molar-refractivity contribution is 5.94. The summed E-state index contributed by atoms with van der Waals surface area (Å²) in [6, 6.07) is 3.66. The predicted molar refractivity (Wildman–Crippen MR) is 66.8 cm³/mol. The fourth-order valence-electron chi connectivity index (χ4n) is 2.63. The summed E-state index contributed by atoms with van der Waals surface area (Å²) in [6.07, 6.45) is 3.39. The van der Waals surface area contributed by atoms with Gasteiger partial charge in [0, 0.05) is 36.8 Å². The maximum atomic E-state index is 13.0. The van der Waals surface area contributed by atoms with Gasteiger partial charge in [-0.05, 0) is 31.4 Å². The Morgan fingerprint density at radius 3 is 2.47 bits per heavy atom. The van der Waals surface area contributed by atoms with E-state index in [2.05, 4.69) is 10.2 Å². The standard InChI is InChI=1S/C14H16F2N2O/c15-10-5-9(6-11(16)7-10)14(19)17-12-3-4-18(8-12)13-1-2-13/h5-7,12-13H,1-4,8H2,(H,17,19). The molecule has 1 aromatic carbocycles. The Balaban J connectivity index is 1.61. The topological polar surface area (TPSA) is 32.3 Å². The number of hydrogen-bond acceptors (Lipinski definition) is 2. The van der Waals surface area contributed by atoms with E-state index in [4.69, 9.17) is 0 Å². The third-order valence-electron chi connectivity index (χ3n) is 3.74. The van der Waals surface area contributed by atoms with Crippen LogP contribution in [-0.4, -0.2) is 36.0 Å². The van der Waals surface area contributed by atoms with Crippen LogP contribution >= 0.6 is 0 Å². The Bertz CT molecular complexity index is 482. The molecule has 0 bridgehead atoms. The summed E-state index contributed by atoms with van der Waals surface area (Å²) < 4.78 is 26.1. The Morgan fingerprint density at radius 1 is 1.16 bits per heavy atom. The van der Waals surface area contributed by atoms with Gasteiger partial charge in [0.25, 0.3) is 5.91 Å². The fourth-order valence-corrected chi connectivity index (χ4v) is 2.63. The molecule has 1 heterocycles. The van der Waals surface area contributed by atoms with Crippen LogP contribution in [0.3, 0.4) is 0 Å². The van der Waals surface area contributed by atoms with Gasteiger partial charge in [-0.3, -0.25) is 9.69 Å².